The van der Waals surface area contributed by atoms with Gasteiger partial charge in [0.1, 0.15) is 10.8 Å². The lowest BCUT2D eigenvalue weighted by atomic mass is 10.2. The number of aromatic nitrogens is 2. The van der Waals surface area contributed by atoms with Crippen molar-refractivity contribution in [1.29, 1.82) is 0 Å². The highest BCUT2D eigenvalue weighted by Gasteiger charge is 2.07. The molecule has 1 heterocycles. The van der Waals surface area contributed by atoms with Crippen molar-refractivity contribution in [3.05, 3.63) is 65.3 Å². The van der Waals surface area contributed by atoms with Crippen LogP contribution in [0.5, 0.6) is 5.75 Å². The van der Waals surface area contributed by atoms with E-state index in [1.807, 2.05) is 18.2 Å². The molecule has 3 rings (SSSR count). The highest BCUT2D eigenvalue weighted by atomic mass is 35.5. The van der Waals surface area contributed by atoms with Crippen LogP contribution in [0.15, 0.2) is 54.7 Å². The van der Waals surface area contributed by atoms with Gasteiger partial charge in [-0.05, 0) is 29.8 Å². The average molecular weight is 343 g/mol. The minimum Gasteiger partial charge on any atom is -0.508 e. The van der Waals surface area contributed by atoms with Crippen LogP contribution in [0.1, 0.15) is 5.56 Å². The first-order valence-electron chi connectivity index (χ1n) is 7.19. The van der Waals surface area contributed by atoms with E-state index in [4.69, 9.17) is 11.6 Å². The number of hydrogen-bond acceptors (Lipinski definition) is 6. The SMILES string of the molecule is OCc1cccc(Nc2nc(Nc3cccc(O)c3)ncc2Cl)c1. The first-order valence-corrected chi connectivity index (χ1v) is 7.57. The molecule has 0 saturated carbocycles. The Kier molecular flexibility index (Phi) is 4.79. The summed E-state index contributed by atoms with van der Waals surface area (Å²) in [6, 6.07) is 13.9. The van der Waals surface area contributed by atoms with E-state index in [0.717, 1.165) is 11.3 Å². The number of benzene rings is 2. The van der Waals surface area contributed by atoms with Crippen molar-refractivity contribution in [3.8, 4) is 5.75 Å². The zero-order valence-corrected chi connectivity index (χ0v) is 13.3. The van der Waals surface area contributed by atoms with Gasteiger partial charge in [0.05, 0.1) is 12.8 Å². The van der Waals surface area contributed by atoms with Crippen LogP contribution < -0.4 is 10.6 Å². The number of rotatable bonds is 5. The summed E-state index contributed by atoms with van der Waals surface area (Å²) >= 11 is 6.14. The third-order valence-electron chi connectivity index (χ3n) is 3.22. The number of hydrogen-bond donors (Lipinski definition) is 4. The molecule has 0 amide bonds. The van der Waals surface area contributed by atoms with Crippen molar-refractivity contribution in [2.45, 2.75) is 6.61 Å². The lowest BCUT2D eigenvalue weighted by Crippen LogP contribution is -2.01. The number of aliphatic hydroxyl groups excluding tert-OH is 1. The van der Waals surface area contributed by atoms with Gasteiger partial charge in [-0.2, -0.15) is 4.98 Å². The molecule has 0 atom stereocenters. The molecule has 24 heavy (non-hydrogen) atoms. The molecule has 3 aromatic rings. The van der Waals surface area contributed by atoms with E-state index in [1.165, 1.54) is 6.20 Å². The van der Waals surface area contributed by atoms with Crippen molar-refractivity contribution >= 4 is 34.7 Å². The Hall–Kier alpha value is -2.83. The maximum Gasteiger partial charge on any atom is 0.229 e. The molecule has 0 aliphatic heterocycles. The number of nitrogens with zero attached hydrogens (tertiary/aromatic N) is 2. The Morgan fingerprint density at radius 1 is 1.00 bits per heavy atom. The van der Waals surface area contributed by atoms with E-state index in [-0.39, 0.29) is 12.4 Å². The van der Waals surface area contributed by atoms with E-state index < -0.39 is 0 Å². The van der Waals surface area contributed by atoms with Crippen LogP contribution in [0.2, 0.25) is 5.02 Å². The second-order valence-electron chi connectivity index (χ2n) is 5.05. The molecule has 7 heteroatoms. The Labute approximate surface area is 143 Å². The van der Waals surface area contributed by atoms with Crippen LogP contribution >= 0.6 is 11.6 Å². The molecule has 2 aromatic carbocycles. The van der Waals surface area contributed by atoms with Crippen molar-refractivity contribution in [1.82, 2.24) is 9.97 Å². The van der Waals surface area contributed by atoms with Crippen molar-refractivity contribution in [2.75, 3.05) is 10.6 Å². The number of phenolic OH excluding ortho intramolecular Hbond substituents is 1. The monoisotopic (exact) mass is 342 g/mol. The molecule has 0 bridgehead atoms. The molecule has 6 nitrogen and oxygen atoms in total. The minimum absolute atomic E-state index is 0.0443. The van der Waals surface area contributed by atoms with Crippen LogP contribution in [0, 0.1) is 0 Å². The number of nitrogens with one attached hydrogen (secondary N) is 2. The Balaban J connectivity index is 1.83. The average Bonchev–Trinajstić information content (AvgIpc) is 2.58. The third kappa shape index (κ3) is 3.92. The lowest BCUT2D eigenvalue weighted by molar-refractivity contribution is 0.282. The summed E-state index contributed by atoms with van der Waals surface area (Å²) in [6.45, 7) is -0.0443. The number of phenols is 1. The first kappa shape index (κ1) is 16.0. The standard InChI is InChI=1S/C17H15ClN4O2/c18-15-9-19-17(21-13-5-2-6-14(24)8-13)22-16(15)20-12-4-1-3-11(7-12)10-23/h1-9,23-24H,10H2,(H2,19,20,21,22). The van der Waals surface area contributed by atoms with Crippen molar-refractivity contribution in [2.24, 2.45) is 0 Å². The fourth-order valence-electron chi connectivity index (χ4n) is 2.11. The molecule has 0 aliphatic carbocycles. The quantitative estimate of drug-likeness (QED) is 0.563. The van der Waals surface area contributed by atoms with Gasteiger partial charge in [-0.3, -0.25) is 0 Å². The summed E-state index contributed by atoms with van der Waals surface area (Å²) in [7, 11) is 0. The molecule has 0 radical (unpaired) electrons. The van der Waals surface area contributed by atoms with Gasteiger partial charge >= 0.3 is 0 Å². The lowest BCUT2D eigenvalue weighted by Gasteiger charge is -2.11. The van der Waals surface area contributed by atoms with E-state index in [2.05, 4.69) is 20.6 Å². The number of anilines is 4. The topological polar surface area (TPSA) is 90.3 Å². The summed E-state index contributed by atoms with van der Waals surface area (Å²) in [6.07, 6.45) is 1.48. The summed E-state index contributed by atoms with van der Waals surface area (Å²) in [5.41, 5.74) is 2.19. The van der Waals surface area contributed by atoms with Gasteiger partial charge in [0, 0.05) is 17.4 Å². The van der Waals surface area contributed by atoms with E-state index in [1.54, 1.807) is 30.3 Å². The Morgan fingerprint density at radius 2 is 1.75 bits per heavy atom. The summed E-state index contributed by atoms with van der Waals surface area (Å²) < 4.78 is 0. The predicted molar refractivity (Wildman–Crippen MR) is 94.1 cm³/mol. The molecular formula is C17H15ClN4O2. The molecule has 1 aromatic heterocycles. The second-order valence-corrected chi connectivity index (χ2v) is 5.46. The molecule has 4 N–H and O–H groups in total. The van der Waals surface area contributed by atoms with Crippen LogP contribution in [0.4, 0.5) is 23.1 Å². The zero-order valence-electron chi connectivity index (χ0n) is 12.6. The maximum atomic E-state index is 9.50. The number of halogens is 1. The molecular weight excluding hydrogens is 328 g/mol. The molecule has 0 fully saturated rings. The van der Waals surface area contributed by atoms with Crippen LogP contribution in [0.25, 0.3) is 0 Å². The summed E-state index contributed by atoms with van der Waals surface area (Å²) in [5, 5.41) is 25.2. The fourth-order valence-corrected chi connectivity index (χ4v) is 2.25. The Bertz CT molecular complexity index is 857. The van der Waals surface area contributed by atoms with Crippen LogP contribution in [-0.2, 0) is 6.61 Å². The normalized spacial score (nSPS) is 10.4. The van der Waals surface area contributed by atoms with Gasteiger partial charge in [0.15, 0.2) is 5.82 Å². The first-order chi connectivity index (χ1) is 11.6. The van der Waals surface area contributed by atoms with Gasteiger partial charge in [-0.1, -0.05) is 29.8 Å². The predicted octanol–water partition coefficient (Wildman–Crippen LogP) is 3.82. The van der Waals surface area contributed by atoms with Gasteiger partial charge < -0.3 is 20.8 Å². The fraction of sp³-hybridized carbons (Fsp3) is 0.0588. The molecule has 0 spiro atoms. The highest BCUT2D eigenvalue weighted by Crippen LogP contribution is 2.26. The number of aromatic hydroxyl groups is 1. The van der Waals surface area contributed by atoms with E-state index in [9.17, 15) is 10.2 Å². The van der Waals surface area contributed by atoms with Gasteiger partial charge in [0.2, 0.25) is 5.95 Å². The smallest absolute Gasteiger partial charge is 0.229 e. The molecule has 0 unspecified atom stereocenters. The van der Waals surface area contributed by atoms with Crippen LogP contribution in [0.3, 0.4) is 0 Å². The zero-order chi connectivity index (χ0) is 16.9. The van der Waals surface area contributed by atoms with E-state index >= 15 is 0 Å². The summed E-state index contributed by atoms with van der Waals surface area (Å²) in [4.78, 5) is 8.46. The maximum absolute atomic E-state index is 9.50. The Morgan fingerprint density at radius 3 is 2.50 bits per heavy atom. The van der Waals surface area contributed by atoms with Crippen LogP contribution in [-0.4, -0.2) is 20.2 Å². The van der Waals surface area contributed by atoms with Crippen molar-refractivity contribution < 1.29 is 10.2 Å². The molecule has 0 saturated heterocycles. The highest BCUT2D eigenvalue weighted by molar-refractivity contribution is 6.32. The van der Waals surface area contributed by atoms with E-state index in [0.29, 0.717) is 22.5 Å². The molecule has 0 aliphatic rings. The third-order valence-corrected chi connectivity index (χ3v) is 3.50. The molecule has 122 valence electrons. The van der Waals surface area contributed by atoms with Gasteiger partial charge in [-0.25, -0.2) is 4.98 Å². The minimum atomic E-state index is -0.0443. The second kappa shape index (κ2) is 7.16. The van der Waals surface area contributed by atoms with Crippen molar-refractivity contribution in [3.63, 3.8) is 0 Å². The van der Waals surface area contributed by atoms with Gasteiger partial charge in [-0.15, -0.1) is 0 Å². The summed E-state index contributed by atoms with van der Waals surface area (Å²) in [5.74, 6) is 0.920. The largest absolute Gasteiger partial charge is 0.508 e. The number of aliphatic hydroxyl groups is 1. The van der Waals surface area contributed by atoms with Gasteiger partial charge in [0.25, 0.3) is 0 Å².